The van der Waals surface area contributed by atoms with E-state index in [0.29, 0.717) is 18.1 Å². The molecule has 0 fully saturated rings. The van der Waals surface area contributed by atoms with Crippen molar-refractivity contribution in [3.63, 3.8) is 0 Å². The highest BCUT2D eigenvalue weighted by molar-refractivity contribution is 5.31. The summed E-state index contributed by atoms with van der Waals surface area (Å²) in [5, 5.41) is 4.00. The maximum absolute atomic E-state index is 5.96. The van der Waals surface area contributed by atoms with Gasteiger partial charge in [-0.15, -0.1) is 0 Å². The number of benzene rings is 1. The van der Waals surface area contributed by atoms with Gasteiger partial charge in [-0.05, 0) is 37.0 Å². The molecule has 4 heteroatoms. The molecule has 2 N–H and O–H groups in total. The molecule has 0 aliphatic carbocycles. The van der Waals surface area contributed by atoms with Crippen molar-refractivity contribution in [2.24, 2.45) is 5.73 Å². The zero-order valence-corrected chi connectivity index (χ0v) is 11.8. The van der Waals surface area contributed by atoms with E-state index in [1.54, 1.807) is 0 Å². The van der Waals surface area contributed by atoms with Gasteiger partial charge in [0.1, 0.15) is 0 Å². The normalized spacial score (nSPS) is 12.6. The smallest absolute Gasteiger partial charge is 0.243 e. The molecule has 0 aliphatic heterocycles. The average Bonchev–Trinajstić information content (AvgIpc) is 2.83. The van der Waals surface area contributed by atoms with Crippen LogP contribution in [0.4, 0.5) is 0 Å². The number of aryl methyl sites for hydroxylation is 2. The maximum Gasteiger partial charge on any atom is 0.243 e. The molecule has 0 aliphatic rings. The molecular formula is C15H21N3O. The Morgan fingerprint density at radius 2 is 2.05 bits per heavy atom. The van der Waals surface area contributed by atoms with Crippen molar-refractivity contribution >= 4 is 0 Å². The predicted molar refractivity (Wildman–Crippen MR) is 74.9 cm³/mol. The zero-order chi connectivity index (χ0) is 13.8. The lowest BCUT2D eigenvalue weighted by Crippen LogP contribution is -2.10. The number of hydrogen-bond acceptors (Lipinski definition) is 4. The van der Waals surface area contributed by atoms with Crippen LogP contribution in [0.1, 0.15) is 54.2 Å². The van der Waals surface area contributed by atoms with E-state index in [1.807, 2.05) is 0 Å². The third-order valence-corrected chi connectivity index (χ3v) is 3.33. The molecule has 0 unspecified atom stereocenters. The lowest BCUT2D eigenvalue weighted by Gasteiger charge is -2.03. The molecule has 0 radical (unpaired) electrons. The van der Waals surface area contributed by atoms with Crippen LogP contribution in [0.2, 0.25) is 0 Å². The highest BCUT2D eigenvalue weighted by atomic mass is 16.5. The summed E-state index contributed by atoms with van der Waals surface area (Å²) in [6.07, 6.45) is 2.56. The lowest BCUT2D eigenvalue weighted by atomic mass is 10.0. The van der Waals surface area contributed by atoms with Gasteiger partial charge in [-0.1, -0.05) is 36.7 Å². The van der Waals surface area contributed by atoms with Gasteiger partial charge >= 0.3 is 0 Å². The summed E-state index contributed by atoms with van der Waals surface area (Å²) in [6.45, 7) is 6.30. The highest BCUT2D eigenvalue weighted by Crippen LogP contribution is 2.16. The first-order valence-corrected chi connectivity index (χ1v) is 6.74. The van der Waals surface area contributed by atoms with Crippen molar-refractivity contribution < 1.29 is 4.52 Å². The summed E-state index contributed by atoms with van der Waals surface area (Å²) >= 11 is 0. The molecule has 1 aromatic heterocycles. The first-order chi connectivity index (χ1) is 9.10. The molecule has 4 nitrogen and oxygen atoms in total. The molecule has 0 spiro atoms. The van der Waals surface area contributed by atoms with Crippen LogP contribution in [0, 0.1) is 13.8 Å². The number of aromatic nitrogens is 2. The largest absolute Gasteiger partial charge is 0.338 e. The van der Waals surface area contributed by atoms with E-state index >= 15 is 0 Å². The van der Waals surface area contributed by atoms with Crippen LogP contribution in [-0.2, 0) is 6.42 Å². The average molecular weight is 259 g/mol. The van der Waals surface area contributed by atoms with Gasteiger partial charge in [-0.2, -0.15) is 4.98 Å². The Hall–Kier alpha value is -1.68. The minimum atomic E-state index is -0.147. The fraction of sp³-hybridized carbons (Fsp3) is 0.467. The van der Waals surface area contributed by atoms with Crippen molar-refractivity contribution in [1.82, 2.24) is 10.1 Å². The molecule has 2 aromatic rings. The molecule has 102 valence electrons. The molecule has 0 saturated carbocycles. The van der Waals surface area contributed by atoms with Crippen molar-refractivity contribution in [3.05, 3.63) is 46.6 Å². The van der Waals surface area contributed by atoms with Crippen LogP contribution >= 0.6 is 0 Å². The molecule has 1 atom stereocenters. The third-order valence-electron chi connectivity index (χ3n) is 3.33. The third kappa shape index (κ3) is 3.41. The van der Waals surface area contributed by atoms with Crippen LogP contribution in [-0.4, -0.2) is 10.1 Å². The molecule has 0 bridgehead atoms. The first kappa shape index (κ1) is 13.7. The van der Waals surface area contributed by atoms with Crippen molar-refractivity contribution in [2.75, 3.05) is 0 Å². The van der Waals surface area contributed by atoms with E-state index in [9.17, 15) is 0 Å². The summed E-state index contributed by atoms with van der Waals surface area (Å²) in [4.78, 5) is 4.37. The molecule has 1 heterocycles. The lowest BCUT2D eigenvalue weighted by molar-refractivity contribution is 0.345. The van der Waals surface area contributed by atoms with Crippen molar-refractivity contribution in [1.29, 1.82) is 0 Å². The van der Waals surface area contributed by atoms with Gasteiger partial charge in [0.2, 0.25) is 5.89 Å². The van der Waals surface area contributed by atoms with E-state index in [0.717, 1.165) is 12.8 Å². The monoisotopic (exact) mass is 259 g/mol. The topological polar surface area (TPSA) is 64.9 Å². The SMILES string of the molecule is CCC[C@@H](N)c1nc(Cc2ccc(C)c(C)c2)no1. The molecule has 1 aromatic carbocycles. The summed E-state index contributed by atoms with van der Waals surface area (Å²) in [5.41, 5.74) is 9.73. The molecule has 2 rings (SSSR count). The second-order valence-corrected chi connectivity index (χ2v) is 5.04. The molecular weight excluding hydrogens is 238 g/mol. The first-order valence-electron chi connectivity index (χ1n) is 6.74. The maximum atomic E-state index is 5.96. The Morgan fingerprint density at radius 3 is 2.74 bits per heavy atom. The van der Waals surface area contributed by atoms with Crippen LogP contribution in [0.5, 0.6) is 0 Å². The van der Waals surface area contributed by atoms with E-state index in [1.165, 1.54) is 16.7 Å². The fourth-order valence-electron chi connectivity index (χ4n) is 2.02. The quantitative estimate of drug-likeness (QED) is 0.896. The van der Waals surface area contributed by atoms with Gasteiger partial charge in [-0.25, -0.2) is 0 Å². The second kappa shape index (κ2) is 5.97. The molecule has 0 saturated heterocycles. The fourth-order valence-corrected chi connectivity index (χ4v) is 2.02. The standard InChI is InChI=1S/C15H21N3O/c1-4-5-13(16)15-17-14(18-19-15)9-12-7-6-10(2)11(3)8-12/h6-8,13H,4-5,9,16H2,1-3H3/t13-/m1/s1. The van der Waals surface area contributed by atoms with Crippen molar-refractivity contribution in [2.45, 2.75) is 46.1 Å². The number of nitrogens with two attached hydrogens (primary N) is 1. The van der Waals surface area contributed by atoms with Gasteiger partial charge in [0.15, 0.2) is 5.82 Å². The van der Waals surface area contributed by atoms with Gasteiger partial charge in [-0.3, -0.25) is 0 Å². The van der Waals surface area contributed by atoms with E-state index in [-0.39, 0.29) is 6.04 Å². The van der Waals surface area contributed by atoms with Gasteiger partial charge in [0.25, 0.3) is 0 Å². The Kier molecular flexibility index (Phi) is 4.32. The minimum Gasteiger partial charge on any atom is -0.338 e. The van der Waals surface area contributed by atoms with Crippen molar-refractivity contribution in [3.8, 4) is 0 Å². The Balaban J connectivity index is 2.09. The van der Waals surface area contributed by atoms with E-state index in [4.69, 9.17) is 10.3 Å². The van der Waals surface area contributed by atoms with Gasteiger partial charge in [0, 0.05) is 6.42 Å². The Morgan fingerprint density at radius 1 is 1.26 bits per heavy atom. The highest BCUT2D eigenvalue weighted by Gasteiger charge is 2.14. The van der Waals surface area contributed by atoms with Crippen LogP contribution < -0.4 is 5.73 Å². The zero-order valence-electron chi connectivity index (χ0n) is 11.8. The summed E-state index contributed by atoms with van der Waals surface area (Å²) in [6, 6.07) is 6.24. The van der Waals surface area contributed by atoms with Crippen LogP contribution in [0.15, 0.2) is 22.7 Å². The van der Waals surface area contributed by atoms with Gasteiger partial charge < -0.3 is 10.3 Å². The van der Waals surface area contributed by atoms with Crippen LogP contribution in [0.25, 0.3) is 0 Å². The van der Waals surface area contributed by atoms with Crippen LogP contribution in [0.3, 0.4) is 0 Å². The Labute approximate surface area is 114 Å². The number of hydrogen-bond donors (Lipinski definition) is 1. The molecule has 0 amide bonds. The summed E-state index contributed by atoms with van der Waals surface area (Å²) in [5.74, 6) is 1.24. The molecule has 19 heavy (non-hydrogen) atoms. The minimum absolute atomic E-state index is 0.147. The van der Waals surface area contributed by atoms with E-state index in [2.05, 4.69) is 49.1 Å². The Bertz CT molecular complexity index is 548. The summed E-state index contributed by atoms with van der Waals surface area (Å²) in [7, 11) is 0. The number of nitrogens with zero attached hydrogens (tertiary/aromatic N) is 2. The number of rotatable bonds is 5. The van der Waals surface area contributed by atoms with E-state index < -0.39 is 0 Å². The summed E-state index contributed by atoms with van der Waals surface area (Å²) < 4.78 is 5.22. The second-order valence-electron chi connectivity index (χ2n) is 5.04. The van der Waals surface area contributed by atoms with Gasteiger partial charge in [0.05, 0.1) is 6.04 Å². The predicted octanol–water partition coefficient (Wildman–Crippen LogP) is 3.08.